The lowest BCUT2D eigenvalue weighted by atomic mass is 9.91. The number of nitrogens with one attached hydrogen (secondary N) is 1. The molecule has 32 heavy (non-hydrogen) atoms. The first-order chi connectivity index (χ1) is 15.2. The lowest BCUT2D eigenvalue weighted by Crippen LogP contribution is -2.37. The maximum atomic E-state index is 12.7. The molecule has 2 aliphatic heterocycles. The van der Waals surface area contributed by atoms with Crippen LogP contribution in [0.4, 0.5) is 0 Å². The second-order valence-corrected chi connectivity index (χ2v) is 8.64. The number of aromatic nitrogens is 2. The van der Waals surface area contributed by atoms with E-state index in [-0.39, 0.29) is 23.9 Å². The molecule has 2 fully saturated rings. The number of fused-ring (bicyclic) bond motifs is 3. The largest absolute Gasteiger partial charge is 0.369 e. The number of carbonyl (C=O) groups excluding carboxylic acids is 3. The molecule has 1 aromatic heterocycles. The zero-order chi connectivity index (χ0) is 22.8. The maximum absolute atomic E-state index is 12.7. The van der Waals surface area contributed by atoms with E-state index in [1.54, 1.807) is 17.7 Å². The number of allylic oxidation sites excluding steroid dienone is 5. The predicted octanol–water partition coefficient (Wildman–Crippen LogP) is 0.153. The zero-order valence-electron chi connectivity index (χ0n) is 17.8. The van der Waals surface area contributed by atoms with Gasteiger partial charge in [-0.25, -0.2) is 4.98 Å². The van der Waals surface area contributed by atoms with Crippen molar-refractivity contribution in [2.24, 2.45) is 11.7 Å². The minimum Gasteiger partial charge on any atom is -0.369 e. The minimum atomic E-state index is -1.73. The number of imidazole rings is 1. The van der Waals surface area contributed by atoms with Crippen molar-refractivity contribution < 1.29 is 19.5 Å². The van der Waals surface area contributed by atoms with E-state index in [0.29, 0.717) is 23.9 Å². The molecule has 2 aliphatic carbocycles. The first-order valence-electron chi connectivity index (χ1n) is 10.5. The molecular weight excluding hydrogens is 410 g/mol. The molecule has 1 aromatic rings. The number of likely N-dealkylation sites (tertiary alicyclic amines) is 1. The fourth-order valence-corrected chi connectivity index (χ4v) is 5.06. The molecular formula is C23H23N5O4. The molecule has 164 valence electrons. The number of aliphatic hydroxyl groups is 1. The average molecular weight is 433 g/mol. The molecule has 3 heterocycles. The minimum absolute atomic E-state index is 0.0902. The highest BCUT2D eigenvalue weighted by molar-refractivity contribution is 6.05. The summed E-state index contributed by atoms with van der Waals surface area (Å²) in [5.74, 6) is 4.85. The standard InChI is InChI=1S/C23H23N5O4/c1-25-21(30)19-18(20(24)29)26-17-11-13(5-6-23(32)7-8-27(2)22(23)31)14-4-3-12-9-15(14)16(10-12)28(17)19/h3-4,11-12,16,32H,7-10H2,1-2H3,(H2,24,29)(H,25,30)/t12?,16?,23-/m0/s1. The summed E-state index contributed by atoms with van der Waals surface area (Å²) in [6.07, 6.45) is 7.63. The first-order valence-corrected chi connectivity index (χ1v) is 10.5. The van der Waals surface area contributed by atoms with Crippen molar-refractivity contribution in [3.63, 3.8) is 0 Å². The number of amides is 3. The molecule has 0 spiro atoms. The van der Waals surface area contributed by atoms with Gasteiger partial charge in [0.05, 0.1) is 6.04 Å². The third-order valence-electron chi connectivity index (χ3n) is 6.69. The highest BCUT2D eigenvalue weighted by Crippen LogP contribution is 2.49. The Labute approximate surface area is 184 Å². The van der Waals surface area contributed by atoms with E-state index in [0.717, 1.165) is 24.0 Å². The van der Waals surface area contributed by atoms with Crippen molar-refractivity contribution in [3.05, 3.63) is 46.1 Å². The maximum Gasteiger partial charge on any atom is 0.270 e. The van der Waals surface area contributed by atoms with Crippen molar-refractivity contribution in [3.8, 4) is 11.8 Å². The molecule has 0 aromatic carbocycles. The van der Waals surface area contributed by atoms with Gasteiger partial charge in [-0.05, 0) is 36.0 Å². The van der Waals surface area contributed by atoms with Gasteiger partial charge >= 0.3 is 0 Å². The number of rotatable bonds is 2. The Morgan fingerprint density at radius 1 is 1.41 bits per heavy atom. The van der Waals surface area contributed by atoms with E-state index in [9.17, 15) is 19.5 Å². The van der Waals surface area contributed by atoms with Crippen LogP contribution in [0.1, 0.15) is 52.1 Å². The van der Waals surface area contributed by atoms with Gasteiger partial charge in [0.1, 0.15) is 11.5 Å². The molecule has 0 radical (unpaired) electrons. The SMILES string of the molecule is CNC(=O)c1c(C(N)=O)nc2n1C1CC3C=CC(=C1C3)C(C#C[C@]1(O)CCN(C)C1=O)=C2. The number of hydrogen-bond acceptors (Lipinski definition) is 5. The van der Waals surface area contributed by atoms with Crippen LogP contribution in [0.5, 0.6) is 0 Å². The Morgan fingerprint density at radius 2 is 2.19 bits per heavy atom. The van der Waals surface area contributed by atoms with Crippen molar-refractivity contribution >= 4 is 23.8 Å². The van der Waals surface area contributed by atoms with Gasteiger partial charge in [-0.1, -0.05) is 24.0 Å². The quantitative estimate of drug-likeness (QED) is 0.572. The number of carbonyl (C=O) groups is 3. The van der Waals surface area contributed by atoms with E-state index < -0.39 is 23.3 Å². The average Bonchev–Trinajstić information content (AvgIpc) is 3.37. The lowest BCUT2D eigenvalue weighted by molar-refractivity contribution is -0.137. The summed E-state index contributed by atoms with van der Waals surface area (Å²) in [4.78, 5) is 43.0. The molecule has 1 saturated carbocycles. The van der Waals surface area contributed by atoms with Gasteiger partial charge < -0.3 is 25.6 Å². The van der Waals surface area contributed by atoms with Crippen LogP contribution in [-0.4, -0.2) is 63.5 Å². The van der Waals surface area contributed by atoms with E-state index in [1.807, 2.05) is 6.08 Å². The van der Waals surface area contributed by atoms with E-state index in [4.69, 9.17) is 5.73 Å². The summed E-state index contributed by atoms with van der Waals surface area (Å²) in [6, 6.07) is -0.161. The Bertz CT molecular complexity index is 1240. The summed E-state index contributed by atoms with van der Waals surface area (Å²) in [5, 5.41) is 13.3. The van der Waals surface area contributed by atoms with Crippen molar-refractivity contribution in [2.75, 3.05) is 20.6 Å². The van der Waals surface area contributed by atoms with Gasteiger partial charge in [0.15, 0.2) is 5.69 Å². The third kappa shape index (κ3) is 2.83. The fraction of sp³-hybridized carbons (Fsp3) is 0.391. The van der Waals surface area contributed by atoms with Crippen LogP contribution >= 0.6 is 0 Å². The van der Waals surface area contributed by atoms with Crippen LogP contribution in [0.15, 0.2) is 28.9 Å². The zero-order valence-corrected chi connectivity index (χ0v) is 17.8. The van der Waals surface area contributed by atoms with E-state index in [1.165, 1.54) is 11.9 Å². The van der Waals surface area contributed by atoms with Crippen LogP contribution in [0.2, 0.25) is 0 Å². The van der Waals surface area contributed by atoms with Gasteiger partial charge in [-0.2, -0.15) is 0 Å². The normalized spacial score (nSPS) is 27.5. The van der Waals surface area contributed by atoms with Crippen molar-refractivity contribution in [2.45, 2.75) is 30.9 Å². The van der Waals surface area contributed by atoms with Crippen LogP contribution < -0.4 is 11.1 Å². The molecule has 3 amide bonds. The summed E-state index contributed by atoms with van der Waals surface area (Å²) in [5.41, 5.74) is 6.44. The molecule has 4 aliphatic rings. The molecule has 1 saturated heterocycles. The van der Waals surface area contributed by atoms with E-state index in [2.05, 4.69) is 28.2 Å². The van der Waals surface area contributed by atoms with Crippen LogP contribution in [0.25, 0.3) is 6.08 Å². The topological polar surface area (TPSA) is 131 Å². The number of nitrogens with zero attached hydrogens (tertiary/aromatic N) is 3. The van der Waals surface area contributed by atoms with E-state index >= 15 is 0 Å². The van der Waals surface area contributed by atoms with Gasteiger partial charge in [-0.15, -0.1) is 0 Å². The second kappa shape index (κ2) is 6.93. The lowest BCUT2D eigenvalue weighted by Gasteiger charge is -2.19. The van der Waals surface area contributed by atoms with Gasteiger partial charge in [0.2, 0.25) is 5.60 Å². The highest BCUT2D eigenvalue weighted by atomic mass is 16.3. The Balaban J connectivity index is 1.71. The Hall–Kier alpha value is -3.64. The first kappa shape index (κ1) is 20.3. The molecule has 2 bridgehead atoms. The number of nitrogens with two attached hydrogens (primary N) is 1. The Morgan fingerprint density at radius 3 is 2.84 bits per heavy atom. The van der Waals surface area contributed by atoms with Gasteiger partial charge in [0, 0.05) is 32.6 Å². The highest BCUT2D eigenvalue weighted by Gasteiger charge is 2.43. The molecule has 4 N–H and O–H groups in total. The monoisotopic (exact) mass is 433 g/mol. The summed E-state index contributed by atoms with van der Waals surface area (Å²) < 4.78 is 1.78. The molecule has 2 unspecified atom stereocenters. The second-order valence-electron chi connectivity index (χ2n) is 8.64. The van der Waals surface area contributed by atoms with Crippen LogP contribution in [0, 0.1) is 17.8 Å². The van der Waals surface area contributed by atoms with Gasteiger partial charge in [-0.3, -0.25) is 14.4 Å². The molecule has 9 nitrogen and oxygen atoms in total. The summed E-state index contributed by atoms with van der Waals surface area (Å²) in [6.45, 7) is 0.433. The summed E-state index contributed by atoms with van der Waals surface area (Å²) in [7, 11) is 3.12. The molecule has 5 rings (SSSR count). The molecule has 3 atom stereocenters. The smallest absolute Gasteiger partial charge is 0.270 e. The summed E-state index contributed by atoms with van der Waals surface area (Å²) >= 11 is 0. The predicted molar refractivity (Wildman–Crippen MR) is 115 cm³/mol. The Kier molecular flexibility index (Phi) is 4.39. The van der Waals surface area contributed by atoms with Gasteiger partial charge in [0.25, 0.3) is 17.7 Å². The van der Waals surface area contributed by atoms with Crippen molar-refractivity contribution in [1.29, 1.82) is 0 Å². The van der Waals surface area contributed by atoms with Crippen molar-refractivity contribution in [1.82, 2.24) is 19.8 Å². The third-order valence-corrected chi connectivity index (χ3v) is 6.69. The fourth-order valence-electron chi connectivity index (χ4n) is 5.06. The van der Waals surface area contributed by atoms with Crippen LogP contribution in [-0.2, 0) is 4.79 Å². The number of likely N-dealkylation sites (N-methyl/N-ethyl adjacent to an activating group) is 1. The van der Waals surface area contributed by atoms with Crippen LogP contribution in [0.3, 0.4) is 0 Å². The number of primary amides is 1. The molecule has 9 heteroatoms. The number of hydrogen-bond donors (Lipinski definition) is 3.